The second kappa shape index (κ2) is 7.62. The van der Waals surface area contributed by atoms with Crippen molar-refractivity contribution in [2.45, 2.75) is 30.4 Å². The number of rotatable bonds is 5. The first kappa shape index (κ1) is 19.0. The van der Waals surface area contributed by atoms with Crippen molar-refractivity contribution in [1.29, 1.82) is 0 Å². The molecule has 2 heterocycles. The van der Waals surface area contributed by atoms with Crippen molar-refractivity contribution in [2.24, 2.45) is 11.8 Å². The van der Waals surface area contributed by atoms with E-state index in [1.54, 1.807) is 4.31 Å². The Morgan fingerprint density at radius 1 is 1.04 bits per heavy atom. The van der Waals surface area contributed by atoms with Crippen LogP contribution in [0.15, 0.2) is 29.2 Å². The minimum atomic E-state index is -3.61. The normalized spacial score (nSPS) is 30.0. The van der Waals surface area contributed by atoms with Crippen molar-refractivity contribution in [1.82, 2.24) is 9.21 Å². The van der Waals surface area contributed by atoms with Crippen LogP contribution in [0.4, 0.5) is 8.78 Å². The molecule has 3 atom stereocenters. The molecule has 1 aliphatic carbocycles. The van der Waals surface area contributed by atoms with E-state index in [1.807, 2.05) is 0 Å². The molecule has 27 heavy (non-hydrogen) atoms. The fourth-order valence-electron chi connectivity index (χ4n) is 4.60. The predicted molar refractivity (Wildman–Crippen MR) is 94.2 cm³/mol. The second-order valence-electron chi connectivity index (χ2n) is 7.47. The standard InChI is InChI=1S/C18H24F2N2O4S/c19-18(20)26-16-1-3-17(4-2-16)27(23,24)22-11-13-9-15(10-14(13)12-22)21-5-7-25-8-6-21/h1-4,13-15,18H,5-12H2/t13-,14+,15?. The maximum absolute atomic E-state index is 12.9. The first-order chi connectivity index (χ1) is 12.9. The third-order valence-electron chi connectivity index (χ3n) is 5.94. The first-order valence-corrected chi connectivity index (χ1v) is 10.7. The molecular formula is C18H24F2N2O4S. The third kappa shape index (κ3) is 3.96. The average Bonchev–Trinajstić information content (AvgIpc) is 3.22. The Morgan fingerprint density at radius 3 is 2.19 bits per heavy atom. The van der Waals surface area contributed by atoms with Crippen LogP contribution < -0.4 is 4.74 Å². The number of benzene rings is 1. The summed E-state index contributed by atoms with van der Waals surface area (Å²) < 4.78 is 61.5. The number of hydrogen-bond acceptors (Lipinski definition) is 5. The van der Waals surface area contributed by atoms with E-state index in [0.717, 1.165) is 39.1 Å². The SMILES string of the molecule is O=S(=O)(c1ccc(OC(F)F)cc1)N1C[C@H]2CC(N3CCOCC3)C[C@H]2C1. The van der Waals surface area contributed by atoms with Crippen LogP contribution in [0.1, 0.15) is 12.8 Å². The molecule has 2 saturated heterocycles. The van der Waals surface area contributed by atoms with E-state index in [-0.39, 0.29) is 10.6 Å². The van der Waals surface area contributed by atoms with Gasteiger partial charge in [-0.3, -0.25) is 4.90 Å². The van der Waals surface area contributed by atoms with Gasteiger partial charge in [-0.2, -0.15) is 13.1 Å². The van der Waals surface area contributed by atoms with Crippen molar-refractivity contribution < 1.29 is 26.7 Å². The second-order valence-corrected chi connectivity index (χ2v) is 9.40. The van der Waals surface area contributed by atoms with Crippen LogP contribution in [0.25, 0.3) is 0 Å². The van der Waals surface area contributed by atoms with Crippen molar-refractivity contribution >= 4 is 10.0 Å². The van der Waals surface area contributed by atoms with E-state index < -0.39 is 16.6 Å². The number of fused-ring (bicyclic) bond motifs is 1. The van der Waals surface area contributed by atoms with Gasteiger partial charge in [-0.25, -0.2) is 8.42 Å². The molecule has 150 valence electrons. The summed E-state index contributed by atoms with van der Waals surface area (Å²) in [7, 11) is -3.61. The van der Waals surface area contributed by atoms with Crippen molar-refractivity contribution in [2.75, 3.05) is 39.4 Å². The molecular weight excluding hydrogens is 378 g/mol. The van der Waals surface area contributed by atoms with Gasteiger partial charge in [0.25, 0.3) is 0 Å². The summed E-state index contributed by atoms with van der Waals surface area (Å²) in [5.41, 5.74) is 0. The highest BCUT2D eigenvalue weighted by atomic mass is 32.2. The molecule has 1 saturated carbocycles. The third-order valence-corrected chi connectivity index (χ3v) is 7.79. The summed E-state index contributed by atoms with van der Waals surface area (Å²) in [6.07, 6.45) is 2.05. The molecule has 3 aliphatic rings. The number of halogens is 2. The van der Waals surface area contributed by atoms with Gasteiger partial charge in [0.15, 0.2) is 0 Å². The number of nitrogens with zero attached hydrogens (tertiary/aromatic N) is 2. The molecule has 1 unspecified atom stereocenters. The lowest BCUT2D eigenvalue weighted by molar-refractivity contribution is -0.0498. The molecule has 6 nitrogen and oxygen atoms in total. The number of hydrogen-bond donors (Lipinski definition) is 0. The van der Waals surface area contributed by atoms with Crippen LogP contribution in [-0.4, -0.2) is 69.7 Å². The van der Waals surface area contributed by atoms with Gasteiger partial charge in [-0.1, -0.05) is 0 Å². The van der Waals surface area contributed by atoms with E-state index in [0.29, 0.717) is 31.0 Å². The maximum atomic E-state index is 12.9. The lowest BCUT2D eigenvalue weighted by Gasteiger charge is -2.33. The van der Waals surface area contributed by atoms with Crippen LogP contribution in [0.5, 0.6) is 5.75 Å². The maximum Gasteiger partial charge on any atom is 0.387 e. The monoisotopic (exact) mass is 402 g/mol. The van der Waals surface area contributed by atoms with Crippen LogP contribution >= 0.6 is 0 Å². The molecule has 0 N–H and O–H groups in total. The van der Waals surface area contributed by atoms with E-state index in [1.165, 1.54) is 24.3 Å². The lowest BCUT2D eigenvalue weighted by Crippen LogP contribution is -2.43. The predicted octanol–water partition coefficient (Wildman–Crippen LogP) is 2.02. The molecule has 2 aliphatic heterocycles. The summed E-state index contributed by atoms with van der Waals surface area (Å²) in [6, 6.07) is 5.73. The van der Waals surface area contributed by atoms with Crippen LogP contribution in [0.2, 0.25) is 0 Å². The Kier molecular flexibility index (Phi) is 5.37. The summed E-state index contributed by atoms with van der Waals surface area (Å²) in [5, 5.41) is 0. The van der Waals surface area contributed by atoms with Gasteiger partial charge in [0, 0.05) is 32.2 Å². The molecule has 0 spiro atoms. The number of alkyl halides is 2. The van der Waals surface area contributed by atoms with Gasteiger partial charge in [0.1, 0.15) is 5.75 Å². The summed E-state index contributed by atoms with van der Waals surface area (Å²) in [4.78, 5) is 2.59. The highest BCUT2D eigenvalue weighted by Gasteiger charge is 2.46. The van der Waals surface area contributed by atoms with Crippen molar-refractivity contribution in [3.8, 4) is 5.75 Å². The van der Waals surface area contributed by atoms with Gasteiger partial charge in [-0.15, -0.1) is 0 Å². The van der Waals surface area contributed by atoms with E-state index in [9.17, 15) is 17.2 Å². The Balaban J connectivity index is 1.39. The van der Waals surface area contributed by atoms with Crippen LogP contribution in [0, 0.1) is 11.8 Å². The smallest absolute Gasteiger partial charge is 0.387 e. The van der Waals surface area contributed by atoms with Gasteiger partial charge in [-0.05, 0) is 48.9 Å². The van der Waals surface area contributed by atoms with Gasteiger partial charge in [0.2, 0.25) is 10.0 Å². The van der Waals surface area contributed by atoms with Crippen molar-refractivity contribution in [3.63, 3.8) is 0 Å². The van der Waals surface area contributed by atoms with Crippen LogP contribution in [0.3, 0.4) is 0 Å². The molecule has 0 bridgehead atoms. The Hall–Kier alpha value is -1.29. The lowest BCUT2D eigenvalue weighted by atomic mass is 10.0. The zero-order valence-corrected chi connectivity index (χ0v) is 15.8. The largest absolute Gasteiger partial charge is 0.435 e. The molecule has 0 aromatic heterocycles. The molecule has 9 heteroatoms. The Labute approximate surface area is 158 Å². The fourth-order valence-corrected chi connectivity index (χ4v) is 6.16. The number of morpholine rings is 1. The summed E-state index contributed by atoms with van der Waals surface area (Å²) >= 11 is 0. The van der Waals surface area contributed by atoms with Crippen molar-refractivity contribution in [3.05, 3.63) is 24.3 Å². The molecule has 1 aromatic carbocycles. The molecule has 4 rings (SSSR count). The van der Waals surface area contributed by atoms with Gasteiger partial charge >= 0.3 is 6.61 Å². The highest BCUT2D eigenvalue weighted by Crippen LogP contribution is 2.42. The van der Waals surface area contributed by atoms with Gasteiger partial charge in [0.05, 0.1) is 18.1 Å². The number of ether oxygens (including phenoxy) is 2. The zero-order chi connectivity index (χ0) is 19.0. The summed E-state index contributed by atoms with van der Waals surface area (Å²) in [6.45, 7) is 1.60. The Bertz CT molecular complexity index is 739. The molecule has 3 fully saturated rings. The molecule has 1 aromatic rings. The Morgan fingerprint density at radius 2 is 1.63 bits per heavy atom. The fraction of sp³-hybridized carbons (Fsp3) is 0.667. The average molecular weight is 402 g/mol. The topological polar surface area (TPSA) is 59.1 Å². The quantitative estimate of drug-likeness (QED) is 0.754. The minimum Gasteiger partial charge on any atom is -0.435 e. The summed E-state index contributed by atoms with van der Waals surface area (Å²) in [5.74, 6) is 0.721. The first-order valence-electron chi connectivity index (χ1n) is 9.30. The van der Waals surface area contributed by atoms with E-state index >= 15 is 0 Å². The van der Waals surface area contributed by atoms with E-state index in [4.69, 9.17) is 4.74 Å². The zero-order valence-electron chi connectivity index (χ0n) is 15.0. The molecule has 0 radical (unpaired) electrons. The highest BCUT2D eigenvalue weighted by molar-refractivity contribution is 7.89. The minimum absolute atomic E-state index is 0.0457. The number of sulfonamides is 1. The van der Waals surface area contributed by atoms with E-state index in [2.05, 4.69) is 9.64 Å². The van der Waals surface area contributed by atoms with Crippen LogP contribution in [-0.2, 0) is 14.8 Å². The molecule has 0 amide bonds. The van der Waals surface area contributed by atoms with Gasteiger partial charge < -0.3 is 9.47 Å².